The fraction of sp³-hybridized carbons (Fsp3) is 0.263. The molecule has 0 aliphatic rings. The maximum absolute atomic E-state index is 12.3. The molecule has 2 N–H and O–H groups in total. The minimum Gasteiger partial charge on any atom is -0.357 e. The van der Waals surface area contributed by atoms with Gasteiger partial charge in [0.2, 0.25) is 11.8 Å². The van der Waals surface area contributed by atoms with E-state index in [1.54, 1.807) is 29.7 Å². The first kappa shape index (κ1) is 17.6. The first-order valence-electron chi connectivity index (χ1n) is 8.16. The van der Waals surface area contributed by atoms with Gasteiger partial charge in [-0.05, 0) is 40.3 Å². The number of rotatable bonds is 7. The van der Waals surface area contributed by atoms with E-state index in [0.717, 1.165) is 4.88 Å². The number of thiophene rings is 2. The van der Waals surface area contributed by atoms with E-state index in [-0.39, 0.29) is 11.8 Å². The van der Waals surface area contributed by atoms with E-state index in [9.17, 15) is 9.59 Å². The molecule has 1 atom stereocenters. The summed E-state index contributed by atoms with van der Waals surface area (Å²) in [4.78, 5) is 25.5. The Hall–Kier alpha value is -2.18. The zero-order valence-corrected chi connectivity index (χ0v) is 15.6. The highest BCUT2D eigenvalue weighted by atomic mass is 32.1. The van der Waals surface area contributed by atoms with Crippen LogP contribution in [0.3, 0.4) is 0 Å². The van der Waals surface area contributed by atoms with Crippen molar-refractivity contribution in [1.29, 1.82) is 0 Å². The third kappa shape index (κ3) is 4.46. The normalized spacial score (nSPS) is 12.0. The van der Waals surface area contributed by atoms with Crippen LogP contribution in [0.1, 0.15) is 16.9 Å². The Bertz CT molecular complexity index is 855. The minimum atomic E-state index is -0.532. The van der Waals surface area contributed by atoms with Gasteiger partial charge in [0, 0.05) is 29.5 Å². The van der Waals surface area contributed by atoms with Crippen LogP contribution < -0.4 is 10.6 Å². The molecule has 4 nitrogen and oxygen atoms in total. The number of hydrogen-bond acceptors (Lipinski definition) is 4. The molecule has 0 aliphatic heterocycles. The average Bonchev–Trinajstić information content (AvgIpc) is 3.28. The van der Waals surface area contributed by atoms with E-state index < -0.39 is 6.04 Å². The van der Waals surface area contributed by atoms with Crippen molar-refractivity contribution in [2.75, 3.05) is 7.05 Å². The van der Waals surface area contributed by atoms with Crippen LogP contribution in [0.25, 0.3) is 10.1 Å². The Kier molecular flexibility index (Phi) is 5.83. The molecular weight excluding hydrogens is 352 g/mol. The van der Waals surface area contributed by atoms with Crippen molar-refractivity contribution in [3.63, 3.8) is 0 Å². The van der Waals surface area contributed by atoms with E-state index in [1.807, 2.05) is 29.6 Å². The lowest BCUT2D eigenvalue weighted by Crippen LogP contribution is -2.47. The van der Waals surface area contributed by atoms with Gasteiger partial charge in [0.15, 0.2) is 0 Å². The van der Waals surface area contributed by atoms with E-state index in [1.165, 1.54) is 15.6 Å². The summed E-state index contributed by atoms with van der Waals surface area (Å²) in [5.41, 5.74) is 1.19. The summed E-state index contributed by atoms with van der Waals surface area (Å²) in [6, 6.07) is 11.6. The molecule has 0 aliphatic carbocycles. The standard InChI is InChI=1S/C19H20N2O2S2/c1-20-19(23)16(11-14-5-4-10-24-14)21-18(22)9-8-13-12-25-17-7-3-2-6-15(13)17/h2-7,10,12,16H,8-9,11H2,1H3,(H,20,23)(H,21,22)/t16-/m1/s1. The molecule has 0 radical (unpaired) electrons. The van der Waals surface area contributed by atoms with Crippen molar-refractivity contribution < 1.29 is 9.59 Å². The lowest BCUT2D eigenvalue weighted by molar-refractivity contribution is -0.128. The van der Waals surface area contributed by atoms with Crippen LogP contribution in [0.4, 0.5) is 0 Å². The first-order chi connectivity index (χ1) is 12.2. The molecule has 0 saturated carbocycles. The zero-order valence-electron chi connectivity index (χ0n) is 14.0. The van der Waals surface area contributed by atoms with Gasteiger partial charge in [0.1, 0.15) is 6.04 Å². The minimum absolute atomic E-state index is 0.0968. The van der Waals surface area contributed by atoms with Gasteiger partial charge in [-0.3, -0.25) is 9.59 Å². The second-order valence-corrected chi connectivity index (χ2v) is 7.72. The van der Waals surface area contributed by atoms with Gasteiger partial charge in [-0.15, -0.1) is 22.7 Å². The predicted octanol–water partition coefficient (Wildman–Crippen LogP) is 3.37. The van der Waals surface area contributed by atoms with Crippen LogP contribution in [0.15, 0.2) is 47.2 Å². The van der Waals surface area contributed by atoms with Crippen LogP contribution >= 0.6 is 22.7 Å². The van der Waals surface area contributed by atoms with Gasteiger partial charge in [-0.25, -0.2) is 0 Å². The summed E-state index contributed by atoms with van der Waals surface area (Å²) in [7, 11) is 1.59. The summed E-state index contributed by atoms with van der Waals surface area (Å²) < 4.78 is 1.24. The van der Waals surface area contributed by atoms with E-state index in [0.29, 0.717) is 19.3 Å². The SMILES string of the molecule is CNC(=O)[C@@H](Cc1cccs1)NC(=O)CCc1csc2ccccc12. The molecule has 0 spiro atoms. The Balaban J connectivity index is 1.60. The number of carbonyl (C=O) groups is 2. The van der Waals surface area contributed by atoms with Crippen LogP contribution in [0.5, 0.6) is 0 Å². The van der Waals surface area contributed by atoms with Crippen LogP contribution in [0, 0.1) is 0 Å². The molecule has 25 heavy (non-hydrogen) atoms. The molecule has 6 heteroatoms. The molecule has 3 aromatic rings. The van der Waals surface area contributed by atoms with Gasteiger partial charge in [-0.1, -0.05) is 24.3 Å². The Morgan fingerprint density at radius 1 is 1.12 bits per heavy atom. The van der Waals surface area contributed by atoms with Gasteiger partial charge in [0.25, 0.3) is 0 Å². The number of fused-ring (bicyclic) bond motifs is 1. The fourth-order valence-electron chi connectivity index (χ4n) is 2.75. The first-order valence-corrected chi connectivity index (χ1v) is 9.91. The number of carbonyl (C=O) groups excluding carboxylic acids is 2. The molecule has 1 aromatic carbocycles. The smallest absolute Gasteiger partial charge is 0.242 e. The molecule has 2 amide bonds. The van der Waals surface area contributed by atoms with Crippen molar-refractivity contribution in [2.24, 2.45) is 0 Å². The third-order valence-corrected chi connectivity index (χ3v) is 5.98. The van der Waals surface area contributed by atoms with Crippen molar-refractivity contribution in [1.82, 2.24) is 10.6 Å². The third-order valence-electron chi connectivity index (χ3n) is 4.07. The Labute approximate surface area is 154 Å². The van der Waals surface area contributed by atoms with Gasteiger partial charge in [-0.2, -0.15) is 0 Å². The molecule has 0 unspecified atom stereocenters. The van der Waals surface area contributed by atoms with Gasteiger partial charge >= 0.3 is 0 Å². The molecule has 2 aromatic heterocycles. The topological polar surface area (TPSA) is 58.2 Å². The van der Waals surface area contributed by atoms with E-state index >= 15 is 0 Å². The largest absolute Gasteiger partial charge is 0.357 e. The highest BCUT2D eigenvalue weighted by Gasteiger charge is 2.20. The maximum Gasteiger partial charge on any atom is 0.242 e. The zero-order chi connectivity index (χ0) is 17.6. The number of likely N-dealkylation sites (N-methyl/N-ethyl adjacent to an activating group) is 1. The summed E-state index contributed by atoms with van der Waals surface area (Å²) in [6.45, 7) is 0. The van der Waals surface area contributed by atoms with Crippen molar-refractivity contribution in [3.8, 4) is 0 Å². The van der Waals surface area contributed by atoms with Crippen molar-refractivity contribution in [2.45, 2.75) is 25.3 Å². The molecule has 0 fully saturated rings. The summed E-state index contributed by atoms with van der Waals surface area (Å²) in [5.74, 6) is -0.261. The van der Waals surface area contributed by atoms with E-state index in [4.69, 9.17) is 0 Å². The quantitative estimate of drug-likeness (QED) is 0.668. The fourth-order valence-corrected chi connectivity index (χ4v) is 4.50. The summed E-state index contributed by atoms with van der Waals surface area (Å²) >= 11 is 3.29. The maximum atomic E-state index is 12.3. The second kappa shape index (κ2) is 8.27. The van der Waals surface area contributed by atoms with Crippen LogP contribution in [-0.4, -0.2) is 24.9 Å². The summed E-state index contributed by atoms with van der Waals surface area (Å²) in [6.07, 6.45) is 1.57. The van der Waals surface area contributed by atoms with Crippen LogP contribution in [0.2, 0.25) is 0 Å². The van der Waals surface area contributed by atoms with Gasteiger partial charge < -0.3 is 10.6 Å². The monoisotopic (exact) mass is 372 g/mol. The van der Waals surface area contributed by atoms with Crippen molar-refractivity contribution >= 4 is 44.6 Å². The lowest BCUT2D eigenvalue weighted by atomic mass is 10.1. The molecular formula is C19H20N2O2S2. The average molecular weight is 373 g/mol. The lowest BCUT2D eigenvalue weighted by Gasteiger charge is -2.16. The summed E-state index contributed by atoms with van der Waals surface area (Å²) in [5, 5.41) is 10.8. The molecule has 130 valence electrons. The number of aryl methyl sites for hydroxylation is 1. The number of hydrogen-bond donors (Lipinski definition) is 2. The predicted molar refractivity (Wildman–Crippen MR) is 104 cm³/mol. The number of amides is 2. The van der Waals surface area contributed by atoms with E-state index in [2.05, 4.69) is 28.1 Å². The Morgan fingerprint density at radius 3 is 2.72 bits per heavy atom. The van der Waals surface area contributed by atoms with Crippen LogP contribution in [-0.2, 0) is 22.4 Å². The van der Waals surface area contributed by atoms with Gasteiger partial charge in [0.05, 0.1) is 0 Å². The Morgan fingerprint density at radius 2 is 1.96 bits per heavy atom. The molecule has 0 saturated heterocycles. The number of nitrogens with one attached hydrogen (secondary N) is 2. The van der Waals surface area contributed by atoms with Crippen molar-refractivity contribution in [3.05, 3.63) is 57.6 Å². The molecule has 3 rings (SSSR count). The number of benzene rings is 1. The molecule has 0 bridgehead atoms. The second-order valence-electron chi connectivity index (χ2n) is 5.77. The molecule has 2 heterocycles. The highest BCUT2D eigenvalue weighted by Crippen LogP contribution is 2.26. The highest BCUT2D eigenvalue weighted by molar-refractivity contribution is 7.17.